The third-order valence-electron chi connectivity index (χ3n) is 7.44. The molecular formula is C38H46N2O6. The van der Waals surface area contributed by atoms with Gasteiger partial charge in [-0.15, -0.1) is 13.2 Å². The van der Waals surface area contributed by atoms with Gasteiger partial charge >= 0.3 is 5.97 Å². The van der Waals surface area contributed by atoms with Crippen molar-refractivity contribution in [3.8, 4) is 5.75 Å². The number of amides is 2. The zero-order valence-corrected chi connectivity index (χ0v) is 26.4. The van der Waals surface area contributed by atoms with Gasteiger partial charge < -0.3 is 25.2 Å². The number of carbonyl (C=O) groups excluding carboxylic acids is 3. The molecule has 8 nitrogen and oxygen atoms in total. The number of nitrogens with one attached hydrogen (secondary N) is 2. The van der Waals surface area contributed by atoms with Crippen LogP contribution in [0.15, 0.2) is 110 Å². The highest BCUT2D eigenvalue weighted by Crippen LogP contribution is 2.20. The quantitative estimate of drug-likeness (QED) is 0.0758. The molecule has 0 saturated carbocycles. The van der Waals surface area contributed by atoms with E-state index in [2.05, 4.69) is 23.8 Å². The van der Waals surface area contributed by atoms with E-state index < -0.39 is 18.1 Å². The average molecular weight is 627 g/mol. The van der Waals surface area contributed by atoms with Crippen LogP contribution < -0.4 is 15.4 Å². The minimum absolute atomic E-state index is 0.0703. The average Bonchev–Trinajstić information content (AvgIpc) is 3.08. The summed E-state index contributed by atoms with van der Waals surface area (Å²) in [5.74, 6) is -0.982. The summed E-state index contributed by atoms with van der Waals surface area (Å²) in [5.41, 5.74) is 2.76. The molecule has 3 rings (SSSR count). The molecule has 2 amide bonds. The maximum Gasteiger partial charge on any atom is 0.306 e. The summed E-state index contributed by atoms with van der Waals surface area (Å²) in [6.45, 7) is 7.72. The molecule has 0 aliphatic heterocycles. The second-order valence-electron chi connectivity index (χ2n) is 11.2. The summed E-state index contributed by atoms with van der Waals surface area (Å²) < 4.78 is 11.6. The highest BCUT2D eigenvalue weighted by molar-refractivity contribution is 5.86. The van der Waals surface area contributed by atoms with E-state index in [1.807, 2.05) is 91.0 Å². The van der Waals surface area contributed by atoms with Gasteiger partial charge in [0.2, 0.25) is 11.8 Å². The van der Waals surface area contributed by atoms with Gasteiger partial charge in [0, 0.05) is 12.8 Å². The van der Waals surface area contributed by atoms with Gasteiger partial charge in [-0.25, -0.2) is 0 Å². The Bertz CT molecular complexity index is 1360. The van der Waals surface area contributed by atoms with E-state index in [1.54, 1.807) is 6.08 Å². The summed E-state index contributed by atoms with van der Waals surface area (Å²) in [6.07, 6.45) is 6.03. The highest BCUT2D eigenvalue weighted by Gasteiger charge is 2.24. The van der Waals surface area contributed by atoms with Gasteiger partial charge in [-0.2, -0.15) is 0 Å². The maximum absolute atomic E-state index is 13.2. The Hall–Kier alpha value is -4.69. The number of unbranched alkanes of at least 4 members (excludes halogenated alkanes) is 2. The number of aliphatic hydroxyl groups is 1. The first-order valence-electron chi connectivity index (χ1n) is 15.8. The van der Waals surface area contributed by atoms with Crippen LogP contribution in [0.5, 0.6) is 5.75 Å². The Morgan fingerprint density at radius 2 is 1.54 bits per heavy atom. The number of allylic oxidation sites excluding steroid dienone is 2. The Labute approximate surface area is 272 Å². The van der Waals surface area contributed by atoms with Gasteiger partial charge in [0.25, 0.3) is 0 Å². The molecule has 0 heterocycles. The normalized spacial score (nSPS) is 12.6. The topological polar surface area (TPSA) is 114 Å². The van der Waals surface area contributed by atoms with E-state index in [-0.39, 0.29) is 50.2 Å². The first-order valence-corrected chi connectivity index (χ1v) is 15.8. The minimum Gasteiger partial charge on any atom is -0.489 e. The fourth-order valence-electron chi connectivity index (χ4n) is 4.91. The number of esters is 1. The lowest BCUT2D eigenvalue weighted by Crippen LogP contribution is -2.42. The molecule has 244 valence electrons. The van der Waals surface area contributed by atoms with Gasteiger partial charge in [-0.1, -0.05) is 84.9 Å². The molecule has 3 atom stereocenters. The molecule has 3 N–H and O–H groups in total. The summed E-state index contributed by atoms with van der Waals surface area (Å²) in [7, 11) is 0. The van der Waals surface area contributed by atoms with Crippen LogP contribution in [0.4, 0.5) is 0 Å². The first-order chi connectivity index (χ1) is 22.4. The Kier molecular flexibility index (Phi) is 15.8. The molecule has 0 aliphatic carbocycles. The highest BCUT2D eigenvalue weighted by atomic mass is 16.5. The molecule has 0 saturated heterocycles. The molecule has 0 aromatic heterocycles. The Morgan fingerprint density at radius 1 is 0.848 bits per heavy atom. The van der Waals surface area contributed by atoms with E-state index in [4.69, 9.17) is 9.47 Å². The number of hydrogen-bond donors (Lipinski definition) is 3. The zero-order chi connectivity index (χ0) is 33.0. The van der Waals surface area contributed by atoms with Crippen molar-refractivity contribution in [3.63, 3.8) is 0 Å². The van der Waals surface area contributed by atoms with Crippen molar-refractivity contribution in [2.45, 2.75) is 63.7 Å². The van der Waals surface area contributed by atoms with Crippen molar-refractivity contribution in [2.24, 2.45) is 5.92 Å². The second-order valence-corrected chi connectivity index (χ2v) is 11.2. The van der Waals surface area contributed by atoms with Crippen molar-refractivity contribution in [1.82, 2.24) is 10.6 Å². The van der Waals surface area contributed by atoms with Crippen LogP contribution in [0.1, 0.15) is 61.3 Å². The monoisotopic (exact) mass is 626 g/mol. The molecule has 0 radical (unpaired) electrons. The lowest BCUT2D eigenvalue weighted by molar-refractivity contribution is -0.150. The van der Waals surface area contributed by atoms with Crippen molar-refractivity contribution in [1.29, 1.82) is 0 Å². The van der Waals surface area contributed by atoms with Gasteiger partial charge in [0.15, 0.2) is 0 Å². The van der Waals surface area contributed by atoms with Crippen LogP contribution in [-0.4, -0.2) is 42.1 Å². The van der Waals surface area contributed by atoms with E-state index in [0.717, 1.165) is 35.3 Å². The number of ether oxygens (including phenoxy) is 2. The molecule has 0 unspecified atom stereocenters. The second kappa shape index (κ2) is 20.4. The molecule has 0 aliphatic rings. The third kappa shape index (κ3) is 13.1. The van der Waals surface area contributed by atoms with Crippen LogP contribution in [0.2, 0.25) is 0 Å². The number of carbonyl (C=O) groups is 3. The maximum atomic E-state index is 13.2. The summed E-state index contributed by atoms with van der Waals surface area (Å²) >= 11 is 0. The summed E-state index contributed by atoms with van der Waals surface area (Å²) in [6, 6.07) is 26.1. The van der Waals surface area contributed by atoms with Crippen LogP contribution in [0, 0.1) is 5.92 Å². The number of aliphatic hydroxyl groups excluding tert-OH is 1. The van der Waals surface area contributed by atoms with Gasteiger partial charge in [-0.05, 0) is 60.9 Å². The van der Waals surface area contributed by atoms with E-state index in [9.17, 15) is 19.5 Å². The third-order valence-corrected chi connectivity index (χ3v) is 7.44. The SMILES string of the molecule is C=CCCCCC(=O)O[C@H](CNC(=O)[C@H](CC=C)CC(=O)N[C@H](CO)Cc1ccc(OCc2ccccc2)cc1)c1ccccc1. The predicted molar refractivity (Wildman–Crippen MR) is 180 cm³/mol. The number of rotatable bonds is 21. The van der Waals surface area contributed by atoms with Gasteiger partial charge in [0.05, 0.1) is 25.1 Å². The molecule has 0 fully saturated rings. The van der Waals surface area contributed by atoms with E-state index in [1.165, 1.54) is 0 Å². The molecule has 0 bridgehead atoms. The predicted octanol–water partition coefficient (Wildman–Crippen LogP) is 6.01. The Morgan fingerprint density at radius 3 is 2.20 bits per heavy atom. The van der Waals surface area contributed by atoms with E-state index >= 15 is 0 Å². The minimum atomic E-state index is -0.677. The first kappa shape index (κ1) is 35.8. The van der Waals surface area contributed by atoms with Gasteiger partial charge in [0.1, 0.15) is 18.5 Å². The van der Waals surface area contributed by atoms with Crippen molar-refractivity contribution >= 4 is 17.8 Å². The lowest BCUT2D eigenvalue weighted by atomic mass is 9.98. The van der Waals surface area contributed by atoms with Crippen LogP contribution >= 0.6 is 0 Å². The van der Waals surface area contributed by atoms with Crippen LogP contribution in [-0.2, 0) is 32.1 Å². The molecule has 46 heavy (non-hydrogen) atoms. The Balaban J connectivity index is 1.51. The van der Waals surface area contributed by atoms with E-state index in [0.29, 0.717) is 19.4 Å². The lowest BCUT2D eigenvalue weighted by Gasteiger charge is -2.22. The van der Waals surface area contributed by atoms with Crippen molar-refractivity contribution < 1.29 is 29.0 Å². The van der Waals surface area contributed by atoms with Crippen LogP contribution in [0.25, 0.3) is 0 Å². The fraction of sp³-hybridized carbons (Fsp3) is 0.342. The largest absolute Gasteiger partial charge is 0.489 e. The molecule has 8 heteroatoms. The zero-order valence-electron chi connectivity index (χ0n) is 26.4. The molecule has 3 aromatic carbocycles. The van der Waals surface area contributed by atoms with Gasteiger partial charge in [-0.3, -0.25) is 14.4 Å². The fourth-order valence-corrected chi connectivity index (χ4v) is 4.91. The molecular weight excluding hydrogens is 580 g/mol. The van der Waals surface area contributed by atoms with Crippen molar-refractivity contribution in [3.05, 3.63) is 127 Å². The summed E-state index contributed by atoms with van der Waals surface area (Å²) in [5, 5.41) is 15.7. The van der Waals surface area contributed by atoms with Crippen LogP contribution in [0.3, 0.4) is 0 Å². The molecule has 0 spiro atoms. The standard InChI is InChI=1S/C38H46N2O6/c1-3-5-6-13-19-37(43)46-35(31-17-11-8-12-18-31)26-39-38(44)32(14-4-2)25-36(42)40-33(27-41)24-29-20-22-34(23-21-29)45-28-30-15-9-7-10-16-30/h3-4,7-12,15-18,20-23,32-33,35,41H,1-2,5-6,13-14,19,24-28H2,(H,39,44)(H,40,42)/t32-,33+,35-/m1/s1. The summed E-state index contributed by atoms with van der Waals surface area (Å²) in [4.78, 5) is 38.7. The molecule has 3 aromatic rings. The van der Waals surface area contributed by atoms with Crippen molar-refractivity contribution in [2.75, 3.05) is 13.2 Å². The smallest absolute Gasteiger partial charge is 0.306 e. The number of hydrogen-bond acceptors (Lipinski definition) is 6. The number of benzene rings is 3.